The molecule has 0 bridgehead atoms. The number of hydrogen-bond acceptors (Lipinski definition) is 7. The molecule has 0 aliphatic carbocycles. The maximum atomic E-state index is 12.5. The highest BCUT2D eigenvalue weighted by molar-refractivity contribution is 7.97. The Kier molecular flexibility index (Phi) is 9.17. The average Bonchev–Trinajstić information content (AvgIpc) is 3.34. The quantitative estimate of drug-likeness (QED) is 0.402. The van der Waals surface area contributed by atoms with Crippen molar-refractivity contribution in [1.82, 2.24) is 14.5 Å². The maximum Gasteiger partial charge on any atom is 0.248 e. The molecule has 2 aromatic rings. The zero-order chi connectivity index (χ0) is 23.8. The topological polar surface area (TPSA) is 66.4 Å². The normalized spacial score (nSPS) is 13.1. The van der Waals surface area contributed by atoms with Gasteiger partial charge in [-0.15, -0.1) is 0 Å². The van der Waals surface area contributed by atoms with Gasteiger partial charge in [0.2, 0.25) is 5.91 Å². The molecule has 0 saturated carbocycles. The second-order valence-electron chi connectivity index (χ2n) is 8.19. The van der Waals surface area contributed by atoms with Gasteiger partial charge in [-0.25, -0.2) is 4.31 Å². The van der Waals surface area contributed by atoms with E-state index in [1.54, 1.807) is 31.0 Å². The molecule has 1 aliphatic heterocycles. The highest BCUT2D eigenvalue weighted by atomic mass is 32.2. The van der Waals surface area contributed by atoms with E-state index in [1.807, 2.05) is 43.4 Å². The average molecular weight is 471 g/mol. The predicted molar refractivity (Wildman–Crippen MR) is 134 cm³/mol. The van der Waals surface area contributed by atoms with E-state index >= 15 is 0 Å². The van der Waals surface area contributed by atoms with Gasteiger partial charge in [-0.3, -0.25) is 9.79 Å². The second kappa shape index (κ2) is 12.1. The predicted octanol–water partition coefficient (Wildman–Crippen LogP) is 3.28. The Morgan fingerprint density at radius 2 is 1.85 bits per heavy atom. The molecule has 3 rings (SSSR count). The number of carbonyl (C=O) groups excluding carboxylic acids is 1. The van der Waals surface area contributed by atoms with Gasteiger partial charge >= 0.3 is 0 Å². The van der Waals surface area contributed by atoms with Gasteiger partial charge in [-0.2, -0.15) is 0 Å². The summed E-state index contributed by atoms with van der Waals surface area (Å²) >= 11 is 1.68. The number of ether oxygens (including phenoxy) is 2. The Morgan fingerprint density at radius 1 is 1.15 bits per heavy atom. The molecule has 0 atom stereocenters. The summed E-state index contributed by atoms with van der Waals surface area (Å²) in [5.41, 5.74) is 4.52. The lowest BCUT2D eigenvalue weighted by Gasteiger charge is -2.20. The minimum atomic E-state index is -0.0296. The van der Waals surface area contributed by atoms with Gasteiger partial charge in [0.1, 0.15) is 18.2 Å². The number of aryl methyl sites for hydroxylation is 2. The smallest absolute Gasteiger partial charge is 0.248 e. The molecule has 0 fully saturated rings. The first-order valence-electron chi connectivity index (χ1n) is 11.1. The van der Waals surface area contributed by atoms with E-state index in [0.29, 0.717) is 19.7 Å². The Hall–Kier alpha value is -2.55. The summed E-state index contributed by atoms with van der Waals surface area (Å²) in [6.45, 7) is 7.72. The summed E-state index contributed by atoms with van der Waals surface area (Å²) in [5.74, 6) is 1.79. The van der Waals surface area contributed by atoms with E-state index in [4.69, 9.17) is 9.47 Å². The molecule has 0 saturated heterocycles. The van der Waals surface area contributed by atoms with Crippen LogP contribution in [0.5, 0.6) is 5.75 Å². The van der Waals surface area contributed by atoms with Crippen molar-refractivity contribution in [2.24, 2.45) is 4.99 Å². The van der Waals surface area contributed by atoms with Crippen LogP contribution in [0.4, 0.5) is 0 Å². The fraction of sp³-hybridized carbons (Fsp3) is 0.440. The van der Waals surface area contributed by atoms with Gasteiger partial charge in [-0.05, 0) is 61.7 Å². The van der Waals surface area contributed by atoms with Crippen LogP contribution in [0.25, 0.3) is 0 Å². The van der Waals surface area contributed by atoms with E-state index < -0.39 is 0 Å². The molecule has 2 aromatic carbocycles. The molecule has 0 unspecified atom stereocenters. The standard InChI is InChI=1S/C25H34N4O3S/c1-18-14-22(31-5)15-19(2)24(18)33-29(4)12-13-32-17-23(30)28(3)16-20-6-8-21(9-7-20)25-26-10-11-27-25/h6-9,14-15H,10-13,16-17H2,1-5H3,(H,26,27). The number of benzene rings is 2. The van der Waals surface area contributed by atoms with Crippen molar-refractivity contribution in [1.29, 1.82) is 0 Å². The molecule has 178 valence electrons. The summed E-state index contributed by atoms with van der Waals surface area (Å²) in [4.78, 5) is 19.8. The summed E-state index contributed by atoms with van der Waals surface area (Å²) in [7, 11) is 5.52. The lowest BCUT2D eigenvalue weighted by atomic mass is 10.1. The van der Waals surface area contributed by atoms with Gasteiger partial charge in [0.15, 0.2) is 0 Å². The summed E-state index contributed by atoms with van der Waals surface area (Å²) < 4.78 is 13.1. The maximum absolute atomic E-state index is 12.5. The highest BCUT2D eigenvalue weighted by Crippen LogP contribution is 2.31. The number of carbonyl (C=O) groups is 1. The van der Waals surface area contributed by atoms with Crippen molar-refractivity contribution in [2.45, 2.75) is 25.3 Å². The van der Waals surface area contributed by atoms with Crippen LogP contribution in [0.15, 0.2) is 46.3 Å². The van der Waals surface area contributed by atoms with Crippen molar-refractivity contribution in [3.05, 3.63) is 58.7 Å². The van der Waals surface area contributed by atoms with Crippen LogP contribution in [0.2, 0.25) is 0 Å². The highest BCUT2D eigenvalue weighted by Gasteiger charge is 2.13. The third kappa shape index (κ3) is 7.22. The molecular formula is C25H34N4O3S. The number of amides is 1. The van der Waals surface area contributed by atoms with Gasteiger partial charge in [-0.1, -0.05) is 24.3 Å². The van der Waals surface area contributed by atoms with Crippen LogP contribution >= 0.6 is 11.9 Å². The fourth-order valence-corrected chi connectivity index (χ4v) is 4.44. The van der Waals surface area contributed by atoms with Crippen molar-refractivity contribution in [2.75, 3.05) is 54.1 Å². The van der Waals surface area contributed by atoms with Crippen LogP contribution in [0.3, 0.4) is 0 Å². The molecule has 7 nitrogen and oxygen atoms in total. The number of nitrogens with zero attached hydrogens (tertiary/aromatic N) is 3. The lowest BCUT2D eigenvalue weighted by Crippen LogP contribution is -2.30. The SMILES string of the molecule is COc1cc(C)c(SN(C)CCOCC(=O)N(C)Cc2ccc(C3=NCCN3)cc2)c(C)c1. The number of nitrogens with one attached hydrogen (secondary N) is 1. The molecule has 33 heavy (non-hydrogen) atoms. The van der Waals surface area contributed by atoms with Crippen LogP contribution in [0.1, 0.15) is 22.3 Å². The Bertz CT molecular complexity index is 955. The van der Waals surface area contributed by atoms with Crippen molar-refractivity contribution in [3.8, 4) is 5.75 Å². The molecule has 1 heterocycles. The van der Waals surface area contributed by atoms with Crippen molar-refractivity contribution >= 4 is 23.7 Å². The van der Waals surface area contributed by atoms with Crippen LogP contribution in [-0.4, -0.2) is 75.0 Å². The number of rotatable bonds is 11. The Labute approximate surface area is 201 Å². The molecule has 1 N–H and O–H groups in total. The van der Waals surface area contributed by atoms with Crippen LogP contribution < -0.4 is 10.1 Å². The van der Waals surface area contributed by atoms with E-state index in [2.05, 4.69) is 28.5 Å². The molecule has 1 amide bonds. The van der Waals surface area contributed by atoms with Gasteiger partial charge in [0, 0.05) is 37.1 Å². The van der Waals surface area contributed by atoms with E-state index in [1.165, 1.54) is 16.0 Å². The lowest BCUT2D eigenvalue weighted by molar-refractivity contribution is -0.135. The fourth-order valence-electron chi connectivity index (χ4n) is 3.56. The van der Waals surface area contributed by atoms with Crippen LogP contribution in [-0.2, 0) is 16.1 Å². The molecule has 1 aliphatic rings. The van der Waals surface area contributed by atoms with Crippen molar-refractivity contribution < 1.29 is 14.3 Å². The summed E-state index contributed by atoms with van der Waals surface area (Å²) in [6, 6.07) is 12.3. The second-order valence-corrected chi connectivity index (χ2v) is 9.40. The Balaban J connectivity index is 1.38. The summed E-state index contributed by atoms with van der Waals surface area (Å²) in [6.07, 6.45) is 0. The molecule has 0 aromatic heterocycles. The first-order valence-corrected chi connectivity index (χ1v) is 11.9. The van der Waals surface area contributed by atoms with Crippen molar-refractivity contribution in [3.63, 3.8) is 0 Å². The molecule has 8 heteroatoms. The van der Waals surface area contributed by atoms with Gasteiger partial charge < -0.3 is 19.7 Å². The molecule has 0 spiro atoms. The van der Waals surface area contributed by atoms with Gasteiger partial charge in [0.05, 0.1) is 20.3 Å². The zero-order valence-electron chi connectivity index (χ0n) is 20.2. The number of methoxy groups -OCH3 is 1. The first-order chi connectivity index (χ1) is 15.9. The number of amidine groups is 1. The number of hydrogen-bond donors (Lipinski definition) is 1. The third-order valence-corrected chi connectivity index (χ3v) is 6.76. The third-order valence-electron chi connectivity index (χ3n) is 5.44. The van der Waals surface area contributed by atoms with Gasteiger partial charge in [0.25, 0.3) is 0 Å². The van der Waals surface area contributed by atoms with Crippen LogP contribution in [0, 0.1) is 13.8 Å². The van der Waals surface area contributed by atoms with E-state index in [9.17, 15) is 4.79 Å². The minimum absolute atomic E-state index is 0.0296. The molecule has 0 radical (unpaired) electrons. The van der Waals surface area contributed by atoms with E-state index in [0.717, 1.165) is 35.8 Å². The monoisotopic (exact) mass is 470 g/mol. The largest absolute Gasteiger partial charge is 0.497 e. The first kappa shape index (κ1) is 25.1. The Morgan fingerprint density at radius 3 is 2.45 bits per heavy atom. The number of likely N-dealkylation sites (N-methyl/N-ethyl adjacent to an activating group) is 2. The van der Waals surface area contributed by atoms with E-state index in [-0.39, 0.29) is 12.5 Å². The zero-order valence-corrected chi connectivity index (χ0v) is 21.0. The number of aliphatic imine (C=N–C) groups is 1. The summed E-state index contributed by atoms with van der Waals surface area (Å²) in [5, 5.41) is 3.27. The minimum Gasteiger partial charge on any atom is -0.497 e. The molecular weight excluding hydrogens is 436 g/mol.